The number of para-hydroxylation sites is 1. The van der Waals surface area contributed by atoms with E-state index >= 15 is 0 Å². The molecule has 5 heteroatoms. The molecule has 2 aromatic carbocycles. The molecule has 0 aromatic heterocycles. The monoisotopic (exact) mass is 315 g/mol. The first kappa shape index (κ1) is 16.7. The number of hydrogen-bond acceptors (Lipinski definition) is 3. The molecule has 0 spiro atoms. The van der Waals surface area contributed by atoms with Crippen LogP contribution in [0.5, 0.6) is 0 Å². The fraction of sp³-hybridized carbons (Fsp3) is 0.222. The van der Waals surface area contributed by atoms with Crippen molar-refractivity contribution in [1.82, 2.24) is 0 Å². The lowest BCUT2D eigenvalue weighted by Crippen LogP contribution is -2.30. The van der Waals surface area contributed by atoms with Crippen molar-refractivity contribution < 1.29 is 18.7 Å². The van der Waals surface area contributed by atoms with E-state index < -0.39 is 23.8 Å². The van der Waals surface area contributed by atoms with E-state index in [2.05, 4.69) is 5.32 Å². The second kappa shape index (κ2) is 7.05. The number of carbonyl (C=O) groups excluding carboxylic acids is 2. The molecule has 1 amide bonds. The second-order valence-electron chi connectivity index (χ2n) is 5.39. The van der Waals surface area contributed by atoms with Crippen LogP contribution in [-0.2, 0) is 9.53 Å². The number of carbonyl (C=O) groups is 2. The second-order valence-corrected chi connectivity index (χ2v) is 5.39. The van der Waals surface area contributed by atoms with Crippen LogP contribution in [0.4, 0.5) is 10.1 Å². The Hall–Kier alpha value is -2.69. The Bertz CT molecular complexity index is 723. The van der Waals surface area contributed by atoms with Crippen LogP contribution in [-0.4, -0.2) is 18.0 Å². The molecule has 0 bridgehead atoms. The molecule has 0 heterocycles. The third-order valence-electron chi connectivity index (χ3n) is 3.24. The van der Waals surface area contributed by atoms with Gasteiger partial charge >= 0.3 is 5.97 Å². The van der Waals surface area contributed by atoms with Crippen LogP contribution >= 0.6 is 0 Å². The minimum Gasteiger partial charge on any atom is -0.449 e. The number of rotatable bonds is 4. The predicted molar refractivity (Wildman–Crippen MR) is 85.8 cm³/mol. The molecule has 2 rings (SSSR count). The van der Waals surface area contributed by atoms with Gasteiger partial charge < -0.3 is 10.1 Å². The Kier molecular flexibility index (Phi) is 5.11. The van der Waals surface area contributed by atoms with E-state index in [4.69, 9.17) is 4.74 Å². The van der Waals surface area contributed by atoms with Crippen molar-refractivity contribution in [3.8, 4) is 0 Å². The van der Waals surface area contributed by atoms with Gasteiger partial charge in [0.25, 0.3) is 5.91 Å². The summed E-state index contributed by atoms with van der Waals surface area (Å²) in [6.45, 7) is 5.19. The maximum absolute atomic E-state index is 13.5. The summed E-state index contributed by atoms with van der Waals surface area (Å²) < 4.78 is 18.7. The summed E-state index contributed by atoms with van der Waals surface area (Å²) in [6, 6.07) is 11.1. The van der Waals surface area contributed by atoms with Crippen LogP contribution in [0.15, 0.2) is 42.5 Å². The van der Waals surface area contributed by atoms with Gasteiger partial charge in [0.2, 0.25) is 0 Å². The average molecular weight is 315 g/mol. The highest BCUT2D eigenvalue weighted by Gasteiger charge is 2.20. The minimum absolute atomic E-state index is 0.0480. The number of esters is 1. The van der Waals surface area contributed by atoms with Crippen LogP contribution in [0.3, 0.4) is 0 Å². The number of halogens is 1. The average Bonchev–Trinajstić information content (AvgIpc) is 2.48. The van der Waals surface area contributed by atoms with E-state index in [9.17, 15) is 14.0 Å². The van der Waals surface area contributed by atoms with Crippen molar-refractivity contribution in [3.05, 3.63) is 65.0 Å². The number of aryl methyl sites for hydroxylation is 2. The molecule has 1 N–H and O–H groups in total. The quantitative estimate of drug-likeness (QED) is 0.877. The lowest BCUT2D eigenvalue weighted by atomic mass is 10.1. The molecule has 0 aliphatic carbocycles. The van der Waals surface area contributed by atoms with Gasteiger partial charge in [-0.1, -0.05) is 29.3 Å². The highest BCUT2D eigenvalue weighted by atomic mass is 19.1. The summed E-state index contributed by atoms with van der Waals surface area (Å²) in [5.74, 6) is -1.73. The molecule has 0 radical (unpaired) electrons. The van der Waals surface area contributed by atoms with Gasteiger partial charge in [0.15, 0.2) is 6.10 Å². The summed E-state index contributed by atoms with van der Waals surface area (Å²) in [5.41, 5.74) is 2.29. The van der Waals surface area contributed by atoms with Gasteiger partial charge in [-0.05, 0) is 45.0 Å². The predicted octanol–water partition coefficient (Wildman–Crippen LogP) is 3.63. The summed E-state index contributed by atoms with van der Waals surface area (Å²) in [7, 11) is 0. The third-order valence-corrected chi connectivity index (χ3v) is 3.24. The largest absolute Gasteiger partial charge is 0.449 e. The van der Waals surface area contributed by atoms with Crippen LogP contribution in [0.1, 0.15) is 28.4 Å². The van der Waals surface area contributed by atoms with Crippen LogP contribution in [0.2, 0.25) is 0 Å². The first-order valence-electron chi connectivity index (χ1n) is 7.21. The molecular formula is C18H18FNO3. The summed E-state index contributed by atoms with van der Waals surface area (Å²) in [6.07, 6.45) is -1.04. The van der Waals surface area contributed by atoms with Crippen molar-refractivity contribution in [2.75, 3.05) is 5.32 Å². The normalized spacial score (nSPS) is 11.7. The minimum atomic E-state index is -1.04. The van der Waals surface area contributed by atoms with Gasteiger partial charge in [-0.15, -0.1) is 0 Å². The molecular weight excluding hydrogens is 297 g/mol. The number of ether oxygens (including phenoxy) is 1. The molecule has 23 heavy (non-hydrogen) atoms. The van der Waals surface area contributed by atoms with E-state index in [-0.39, 0.29) is 5.69 Å². The number of hydrogen-bond donors (Lipinski definition) is 1. The fourth-order valence-corrected chi connectivity index (χ4v) is 2.17. The van der Waals surface area contributed by atoms with Gasteiger partial charge in [-0.2, -0.15) is 0 Å². The molecule has 0 aliphatic rings. The molecule has 0 saturated heterocycles. The fourth-order valence-electron chi connectivity index (χ4n) is 2.17. The van der Waals surface area contributed by atoms with E-state index in [1.807, 2.05) is 19.9 Å². The summed E-state index contributed by atoms with van der Waals surface area (Å²) >= 11 is 0. The zero-order valence-electron chi connectivity index (χ0n) is 13.2. The number of nitrogens with one attached hydrogen (secondary N) is 1. The third kappa shape index (κ3) is 4.39. The molecule has 0 aliphatic heterocycles. The van der Waals surface area contributed by atoms with Gasteiger partial charge in [-0.25, -0.2) is 9.18 Å². The van der Waals surface area contributed by atoms with E-state index in [0.717, 1.165) is 11.1 Å². The van der Waals surface area contributed by atoms with Crippen molar-refractivity contribution >= 4 is 17.6 Å². The Labute approximate surface area is 134 Å². The smallest absolute Gasteiger partial charge is 0.338 e. The van der Waals surface area contributed by atoms with Gasteiger partial charge in [0.1, 0.15) is 5.82 Å². The standard InChI is InChI=1S/C18H18FNO3/c1-11-8-12(2)10-14(9-11)18(22)23-13(3)17(21)20-16-7-5-4-6-15(16)19/h4-10,13H,1-3H3,(H,20,21). The van der Waals surface area contributed by atoms with Crippen molar-refractivity contribution in [2.24, 2.45) is 0 Å². The van der Waals surface area contributed by atoms with Crippen molar-refractivity contribution in [3.63, 3.8) is 0 Å². The highest BCUT2D eigenvalue weighted by Crippen LogP contribution is 2.14. The molecule has 1 unspecified atom stereocenters. The molecule has 0 saturated carbocycles. The maximum atomic E-state index is 13.5. The first-order chi connectivity index (χ1) is 10.9. The van der Waals surface area contributed by atoms with Crippen LogP contribution in [0.25, 0.3) is 0 Å². The Morgan fingerprint density at radius 1 is 1.09 bits per heavy atom. The molecule has 1 atom stereocenters. The lowest BCUT2D eigenvalue weighted by Gasteiger charge is -2.14. The van der Waals surface area contributed by atoms with E-state index in [1.54, 1.807) is 18.2 Å². The van der Waals surface area contributed by atoms with E-state index in [1.165, 1.54) is 25.1 Å². The van der Waals surface area contributed by atoms with Crippen molar-refractivity contribution in [2.45, 2.75) is 26.9 Å². The Morgan fingerprint density at radius 2 is 1.70 bits per heavy atom. The SMILES string of the molecule is Cc1cc(C)cc(C(=O)OC(C)C(=O)Nc2ccccc2F)c1. The Morgan fingerprint density at radius 3 is 2.30 bits per heavy atom. The van der Waals surface area contributed by atoms with Gasteiger partial charge in [0.05, 0.1) is 11.3 Å². The van der Waals surface area contributed by atoms with Gasteiger partial charge in [0, 0.05) is 0 Å². The molecule has 120 valence electrons. The molecule has 0 fully saturated rings. The summed E-state index contributed by atoms with van der Waals surface area (Å²) in [5, 5.41) is 2.40. The number of anilines is 1. The van der Waals surface area contributed by atoms with Crippen LogP contribution < -0.4 is 5.32 Å². The van der Waals surface area contributed by atoms with Gasteiger partial charge in [-0.3, -0.25) is 4.79 Å². The zero-order valence-corrected chi connectivity index (χ0v) is 13.2. The Balaban J connectivity index is 2.03. The molecule has 4 nitrogen and oxygen atoms in total. The van der Waals surface area contributed by atoms with E-state index in [0.29, 0.717) is 5.56 Å². The van der Waals surface area contributed by atoms with Crippen LogP contribution in [0, 0.1) is 19.7 Å². The van der Waals surface area contributed by atoms with Crippen molar-refractivity contribution in [1.29, 1.82) is 0 Å². The zero-order chi connectivity index (χ0) is 17.0. The first-order valence-corrected chi connectivity index (χ1v) is 7.21. The highest BCUT2D eigenvalue weighted by molar-refractivity contribution is 5.97. The lowest BCUT2D eigenvalue weighted by molar-refractivity contribution is -0.123. The maximum Gasteiger partial charge on any atom is 0.338 e. The number of benzene rings is 2. The molecule has 2 aromatic rings. The topological polar surface area (TPSA) is 55.4 Å². The number of amides is 1. The summed E-state index contributed by atoms with van der Waals surface area (Å²) in [4.78, 5) is 24.1.